The van der Waals surface area contributed by atoms with Crippen molar-refractivity contribution >= 4 is 16.3 Å². The molecule has 0 aromatic carbocycles. The van der Waals surface area contributed by atoms with Crippen LogP contribution in [0, 0.1) is 0 Å². The van der Waals surface area contributed by atoms with E-state index >= 15 is 0 Å². The second kappa shape index (κ2) is 7.44. The van der Waals surface area contributed by atoms with Gasteiger partial charge in [-0.15, -0.1) is 0 Å². The van der Waals surface area contributed by atoms with E-state index in [4.69, 9.17) is 0 Å². The predicted octanol–water partition coefficient (Wildman–Crippen LogP) is 2.64. The zero-order chi connectivity index (χ0) is 7.82. The van der Waals surface area contributed by atoms with Crippen molar-refractivity contribution < 1.29 is 9.13 Å². The third-order valence-corrected chi connectivity index (χ3v) is 3.55. The van der Waals surface area contributed by atoms with E-state index in [0.717, 1.165) is 31.3 Å². The Morgan fingerprint density at radius 3 is 2.60 bits per heavy atom. The average molecular weight is 180 g/mol. The zero-order valence-electron chi connectivity index (χ0n) is 6.30. The second-order valence-corrected chi connectivity index (χ2v) is 5.19. The van der Waals surface area contributed by atoms with Crippen LogP contribution in [0.1, 0.15) is 19.8 Å². The molecule has 1 unspecified atom stereocenters. The summed E-state index contributed by atoms with van der Waals surface area (Å²) in [4.78, 5) is 0. The summed E-state index contributed by atoms with van der Waals surface area (Å²) in [5, 5.41) is 0. The fourth-order valence-electron chi connectivity index (χ4n) is 0.675. The first kappa shape index (κ1) is 10.3. The van der Waals surface area contributed by atoms with E-state index in [1.54, 1.807) is 0 Å². The van der Waals surface area contributed by atoms with Crippen LogP contribution in [0.15, 0.2) is 0 Å². The Hall–Kier alpha value is 0.330. The molecule has 0 N–H and O–H groups in total. The van der Waals surface area contributed by atoms with Gasteiger partial charge in [-0.2, -0.15) is 0 Å². The third kappa shape index (κ3) is 6.45. The Balaban J connectivity index is 3.03. The molecular formula is C6H14O2P2. The van der Waals surface area contributed by atoms with E-state index in [-0.39, 0.29) is 8.46 Å². The molecule has 0 radical (unpaired) electrons. The first-order chi connectivity index (χ1) is 4.81. The normalized spacial score (nSPS) is 13.7. The van der Waals surface area contributed by atoms with E-state index in [0.29, 0.717) is 0 Å². The van der Waals surface area contributed by atoms with E-state index in [1.807, 2.05) is 6.92 Å². The van der Waals surface area contributed by atoms with Crippen molar-refractivity contribution in [3.8, 4) is 0 Å². The third-order valence-electron chi connectivity index (χ3n) is 1.35. The van der Waals surface area contributed by atoms with Crippen molar-refractivity contribution in [2.45, 2.75) is 19.8 Å². The van der Waals surface area contributed by atoms with Gasteiger partial charge in [-0.05, 0) is 25.2 Å². The molecule has 0 aliphatic heterocycles. The molecule has 0 aromatic heterocycles. The summed E-state index contributed by atoms with van der Waals surface area (Å²) in [5.74, 6) is 0. The lowest BCUT2D eigenvalue weighted by Gasteiger charge is -1.94. The van der Waals surface area contributed by atoms with Gasteiger partial charge in [0.05, 0.1) is 7.80 Å². The predicted molar refractivity (Wildman–Crippen MR) is 46.1 cm³/mol. The maximum absolute atomic E-state index is 10.9. The molecule has 0 heterocycles. The van der Waals surface area contributed by atoms with Gasteiger partial charge >= 0.3 is 0 Å². The van der Waals surface area contributed by atoms with Crippen molar-refractivity contribution in [2.75, 3.05) is 18.5 Å². The van der Waals surface area contributed by atoms with Crippen LogP contribution in [0.3, 0.4) is 0 Å². The van der Waals surface area contributed by atoms with Gasteiger partial charge in [0.2, 0.25) is 0 Å². The van der Waals surface area contributed by atoms with Gasteiger partial charge in [-0.3, -0.25) is 4.57 Å². The standard InChI is InChI=1S/C6H14O2P2/c1-2-10(8)6-4-3-5-9-7/h10H,2-6H2,1H3. The summed E-state index contributed by atoms with van der Waals surface area (Å²) in [7, 11) is -1.04. The number of rotatable bonds is 6. The van der Waals surface area contributed by atoms with Crippen LogP contribution < -0.4 is 0 Å². The second-order valence-electron chi connectivity index (χ2n) is 2.20. The monoisotopic (exact) mass is 180 g/mol. The van der Waals surface area contributed by atoms with E-state index in [9.17, 15) is 9.13 Å². The van der Waals surface area contributed by atoms with Gasteiger partial charge in [0, 0.05) is 6.16 Å². The van der Waals surface area contributed by atoms with Crippen LogP contribution in [0.5, 0.6) is 0 Å². The SMILES string of the molecule is CC[PH](=O)CCCCP=O. The maximum Gasteiger partial charge on any atom is 0.155 e. The Morgan fingerprint density at radius 2 is 2.10 bits per heavy atom. The van der Waals surface area contributed by atoms with Gasteiger partial charge in [0.15, 0.2) is 8.46 Å². The topological polar surface area (TPSA) is 34.1 Å². The minimum Gasteiger partial charge on any atom is -0.327 e. The molecule has 0 fully saturated rings. The van der Waals surface area contributed by atoms with Crippen molar-refractivity contribution in [3.05, 3.63) is 0 Å². The van der Waals surface area contributed by atoms with E-state index in [1.165, 1.54) is 0 Å². The summed E-state index contributed by atoms with van der Waals surface area (Å²) in [6.45, 7) is 1.95. The van der Waals surface area contributed by atoms with Gasteiger partial charge in [-0.25, -0.2) is 0 Å². The van der Waals surface area contributed by atoms with Crippen molar-refractivity contribution in [2.24, 2.45) is 0 Å². The zero-order valence-corrected chi connectivity index (χ0v) is 8.19. The van der Waals surface area contributed by atoms with Gasteiger partial charge < -0.3 is 4.57 Å². The van der Waals surface area contributed by atoms with Gasteiger partial charge in [0.25, 0.3) is 0 Å². The highest BCUT2D eigenvalue weighted by Gasteiger charge is 1.94. The lowest BCUT2D eigenvalue weighted by Crippen LogP contribution is -1.82. The Kier molecular flexibility index (Phi) is 7.68. The van der Waals surface area contributed by atoms with Crippen LogP contribution in [-0.4, -0.2) is 18.5 Å². The first-order valence-electron chi connectivity index (χ1n) is 3.62. The summed E-state index contributed by atoms with van der Waals surface area (Å²) in [6, 6.07) is 0. The highest BCUT2D eigenvalue weighted by molar-refractivity contribution is 7.44. The molecule has 0 rings (SSSR count). The molecule has 4 heteroatoms. The molecule has 2 nitrogen and oxygen atoms in total. The van der Waals surface area contributed by atoms with Crippen LogP contribution in [-0.2, 0) is 9.13 Å². The highest BCUT2D eigenvalue weighted by atomic mass is 31.1. The molecular weight excluding hydrogens is 166 g/mol. The quantitative estimate of drug-likeness (QED) is 0.465. The lowest BCUT2D eigenvalue weighted by molar-refractivity contribution is 0.585. The van der Waals surface area contributed by atoms with Crippen molar-refractivity contribution in [1.82, 2.24) is 0 Å². The highest BCUT2D eigenvalue weighted by Crippen LogP contribution is 2.21. The van der Waals surface area contributed by atoms with Crippen LogP contribution in [0.2, 0.25) is 0 Å². The number of hydrogen-bond acceptors (Lipinski definition) is 2. The van der Waals surface area contributed by atoms with Crippen LogP contribution in [0.4, 0.5) is 0 Å². The maximum atomic E-state index is 10.9. The number of unbranched alkanes of at least 4 members (excludes halogenated alkanes) is 1. The summed E-state index contributed by atoms with van der Waals surface area (Å²) < 4.78 is 20.8. The van der Waals surface area contributed by atoms with Crippen LogP contribution >= 0.6 is 16.3 Å². The molecule has 0 aliphatic carbocycles. The smallest absolute Gasteiger partial charge is 0.155 e. The molecule has 0 aromatic rings. The largest absolute Gasteiger partial charge is 0.327 e. The van der Waals surface area contributed by atoms with Crippen molar-refractivity contribution in [3.63, 3.8) is 0 Å². The molecule has 1 atom stereocenters. The molecule has 0 amide bonds. The van der Waals surface area contributed by atoms with Gasteiger partial charge in [-0.1, -0.05) is 6.92 Å². The molecule has 0 bridgehead atoms. The minimum absolute atomic E-state index is 0.221. The lowest BCUT2D eigenvalue weighted by atomic mass is 10.4. The molecule has 0 aliphatic rings. The summed E-state index contributed by atoms with van der Waals surface area (Å²) in [5.41, 5.74) is 0. The van der Waals surface area contributed by atoms with Gasteiger partial charge in [0.1, 0.15) is 0 Å². The molecule has 0 saturated heterocycles. The Bertz CT molecular complexity index is 114. The molecule has 0 saturated carbocycles. The first-order valence-corrected chi connectivity index (χ1v) is 6.44. The van der Waals surface area contributed by atoms with Crippen LogP contribution in [0.25, 0.3) is 0 Å². The van der Waals surface area contributed by atoms with Crippen molar-refractivity contribution in [1.29, 1.82) is 0 Å². The molecule has 60 valence electrons. The molecule has 0 spiro atoms. The van der Waals surface area contributed by atoms with E-state index in [2.05, 4.69) is 0 Å². The van der Waals surface area contributed by atoms with E-state index < -0.39 is 7.80 Å². The minimum atomic E-state index is -1.26. The fraction of sp³-hybridized carbons (Fsp3) is 1.00. The Morgan fingerprint density at radius 1 is 1.40 bits per heavy atom. The molecule has 10 heavy (non-hydrogen) atoms. The Labute approximate surface area is 64.4 Å². The average Bonchev–Trinajstić information content (AvgIpc) is 1.98. The number of hydrogen-bond donors (Lipinski definition) is 0. The fourth-order valence-corrected chi connectivity index (χ4v) is 2.03. The summed E-state index contributed by atoms with van der Waals surface area (Å²) >= 11 is 0. The summed E-state index contributed by atoms with van der Waals surface area (Å²) in [6.07, 6.45) is 4.30.